The van der Waals surface area contributed by atoms with Gasteiger partial charge in [0.15, 0.2) is 11.0 Å². The van der Waals surface area contributed by atoms with Crippen LogP contribution in [-0.4, -0.2) is 32.1 Å². The van der Waals surface area contributed by atoms with Crippen LogP contribution < -0.4 is 5.43 Å². The predicted octanol–water partition coefficient (Wildman–Crippen LogP) is 5.87. The summed E-state index contributed by atoms with van der Waals surface area (Å²) in [5.74, 6) is 0.546. The van der Waals surface area contributed by atoms with Crippen LogP contribution in [0.1, 0.15) is 12.5 Å². The van der Waals surface area contributed by atoms with Crippen LogP contribution in [0.5, 0.6) is 0 Å². The van der Waals surface area contributed by atoms with E-state index in [1.54, 1.807) is 12.1 Å². The Morgan fingerprint density at radius 1 is 0.939 bits per heavy atom. The fourth-order valence-electron chi connectivity index (χ4n) is 3.02. The molecule has 0 spiro atoms. The number of nitrogens with one attached hydrogen (secondary N) is 1. The topological polar surface area (TPSA) is 72.2 Å². The van der Waals surface area contributed by atoms with E-state index in [0.717, 1.165) is 16.8 Å². The molecule has 0 aliphatic heterocycles. The number of carbonyl (C=O) groups excluding carboxylic acids is 1. The molecule has 9 heteroatoms. The summed E-state index contributed by atoms with van der Waals surface area (Å²) in [5, 5.41) is 14.8. The van der Waals surface area contributed by atoms with E-state index in [4.69, 9.17) is 23.2 Å². The number of hydrogen-bond donors (Lipinski definition) is 1. The lowest BCUT2D eigenvalue weighted by Gasteiger charge is -2.10. The molecule has 0 atom stereocenters. The summed E-state index contributed by atoms with van der Waals surface area (Å²) in [6.45, 7) is 1.82. The van der Waals surface area contributed by atoms with Crippen LogP contribution in [0.2, 0.25) is 10.0 Å². The molecule has 0 fully saturated rings. The quantitative estimate of drug-likeness (QED) is 0.197. The number of para-hydroxylation sites is 1. The lowest BCUT2D eigenvalue weighted by molar-refractivity contribution is -0.118. The molecule has 4 rings (SSSR count). The molecular formula is C24H19Cl2N5OS. The van der Waals surface area contributed by atoms with Crippen LogP contribution in [0.15, 0.2) is 89.1 Å². The SMILES string of the molecule is CC(=NNC(=O)CSc1nnc(-c2ccc(Cl)cc2)n1-c1ccccc1)c1ccc(Cl)cc1. The van der Waals surface area contributed by atoms with Crippen molar-refractivity contribution in [3.8, 4) is 17.1 Å². The van der Waals surface area contributed by atoms with Gasteiger partial charge in [-0.1, -0.05) is 65.3 Å². The van der Waals surface area contributed by atoms with Gasteiger partial charge in [-0.25, -0.2) is 5.43 Å². The third-order valence-electron chi connectivity index (χ3n) is 4.69. The maximum Gasteiger partial charge on any atom is 0.250 e. The van der Waals surface area contributed by atoms with E-state index in [0.29, 0.717) is 26.7 Å². The van der Waals surface area contributed by atoms with Gasteiger partial charge in [-0.3, -0.25) is 9.36 Å². The number of aromatic nitrogens is 3. The molecule has 33 heavy (non-hydrogen) atoms. The Bertz CT molecular complexity index is 1270. The van der Waals surface area contributed by atoms with Crippen LogP contribution in [-0.2, 0) is 4.79 Å². The maximum absolute atomic E-state index is 12.4. The zero-order chi connectivity index (χ0) is 23.2. The van der Waals surface area contributed by atoms with Gasteiger partial charge in [0.25, 0.3) is 5.91 Å². The molecule has 3 aromatic carbocycles. The first-order chi connectivity index (χ1) is 16.0. The molecule has 0 saturated heterocycles. The second-order valence-electron chi connectivity index (χ2n) is 7.01. The van der Waals surface area contributed by atoms with Crippen LogP contribution in [0.4, 0.5) is 0 Å². The number of halogens is 2. The first-order valence-corrected chi connectivity index (χ1v) is 11.7. The van der Waals surface area contributed by atoms with Crippen LogP contribution in [0.25, 0.3) is 17.1 Å². The van der Waals surface area contributed by atoms with Crippen molar-refractivity contribution in [3.63, 3.8) is 0 Å². The van der Waals surface area contributed by atoms with Crippen LogP contribution in [0.3, 0.4) is 0 Å². The standard InChI is InChI=1S/C24H19Cl2N5OS/c1-16(17-7-11-19(25)12-8-17)27-28-22(32)15-33-24-30-29-23(18-9-13-20(26)14-10-18)31(24)21-5-3-2-4-6-21/h2-14H,15H2,1H3,(H,28,32). The van der Waals surface area contributed by atoms with Crippen molar-refractivity contribution in [2.75, 3.05) is 5.75 Å². The Morgan fingerprint density at radius 2 is 1.58 bits per heavy atom. The molecule has 1 amide bonds. The van der Waals surface area contributed by atoms with Gasteiger partial charge in [0.1, 0.15) is 0 Å². The second kappa shape index (κ2) is 10.7. The summed E-state index contributed by atoms with van der Waals surface area (Å²) >= 11 is 13.2. The zero-order valence-electron chi connectivity index (χ0n) is 17.6. The third-order valence-corrected chi connectivity index (χ3v) is 6.13. The summed E-state index contributed by atoms with van der Waals surface area (Å²) in [4.78, 5) is 12.4. The Balaban J connectivity index is 1.51. The number of rotatable bonds is 7. The minimum absolute atomic E-state index is 0.128. The van der Waals surface area contributed by atoms with Gasteiger partial charge in [0, 0.05) is 21.3 Å². The fourth-order valence-corrected chi connectivity index (χ4v) is 4.02. The monoisotopic (exact) mass is 495 g/mol. The van der Waals surface area contributed by atoms with Crippen molar-refractivity contribution in [3.05, 3.63) is 94.5 Å². The molecule has 1 N–H and O–H groups in total. The number of hydrogen-bond acceptors (Lipinski definition) is 5. The van der Waals surface area contributed by atoms with Gasteiger partial charge in [0.05, 0.1) is 11.5 Å². The molecule has 0 aliphatic carbocycles. The minimum atomic E-state index is -0.246. The second-order valence-corrected chi connectivity index (χ2v) is 8.83. The smallest absolute Gasteiger partial charge is 0.250 e. The predicted molar refractivity (Wildman–Crippen MR) is 134 cm³/mol. The van der Waals surface area contributed by atoms with Gasteiger partial charge in [-0.15, -0.1) is 10.2 Å². The van der Waals surface area contributed by atoms with Crippen molar-refractivity contribution in [1.29, 1.82) is 0 Å². The minimum Gasteiger partial charge on any atom is -0.272 e. The van der Waals surface area contributed by atoms with E-state index in [1.807, 2.05) is 78.2 Å². The third kappa shape index (κ3) is 5.82. The molecule has 1 heterocycles. The number of benzene rings is 3. The normalized spacial score (nSPS) is 11.4. The van der Waals surface area contributed by atoms with Gasteiger partial charge in [-0.2, -0.15) is 5.10 Å². The van der Waals surface area contributed by atoms with Crippen LogP contribution in [0, 0.1) is 0 Å². The highest BCUT2D eigenvalue weighted by molar-refractivity contribution is 7.99. The number of hydrazone groups is 1. The molecule has 0 aliphatic rings. The Labute approximate surface area is 205 Å². The van der Waals surface area contributed by atoms with Crippen molar-refractivity contribution in [1.82, 2.24) is 20.2 Å². The van der Waals surface area contributed by atoms with Crippen LogP contribution >= 0.6 is 35.0 Å². The van der Waals surface area contributed by atoms with E-state index in [1.165, 1.54) is 11.8 Å². The van der Waals surface area contributed by atoms with E-state index >= 15 is 0 Å². The Hall–Kier alpha value is -3.13. The van der Waals surface area contributed by atoms with E-state index < -0.39 is 0 Å². The molecule has 166 valence electrons. The average Bonchev–Trinajstić information content (AvgIpc) is 3.26. The highest BCUT2D eigenvalue weighted by atomic mass is 35.5. The molecule has 0 unspecified atom stereocenters. The first-order valence-electron chi connectivity index (χ1n) is 10.00. The van der Waals surface area contributed by atoms with Crippen molar-refractivity contribution < 1.29 is 4.79 Å². The molecule has 6 nitrogen and oxygen atoms in total. The Kier molecular flexibility index (Phi) is 7.44. The molecule has 0 saturated carbocycles. The maximum atomic E-state index is 12.4. The van der Waals surface area contributed by atoms with Crippen molar-refractivity contribution >= 4 is 46.6 Å². The van der Waals surface area contributed by atoms with Gasteiger partial charge in [-0.05, 0) is 61.0 Å². The number of carbonyl (C=O) groups is 1. The molecule has 0 bridgehead atoms. The average molecular weight is 496 g/mol. The molecule has 1 aromatic heterocycles. The number of thioether (sulfide) groups is 1. The lowest BCUT2D eigenvalue weighted by atomic mass is 10.1. The van der Waals surface area contributed by atoms with E-state index in [-0.39, 0.29) is 11.7 Å². The first kappa shape index (κ1) is 23.0. The molecule has 4 aromatic rings. The van der Waals surface area contributed by atoms with E-state index in [9.17, 15) is 4.79 Å². The summed E-state index contributed by atoms with van der Waals surface area (Å²) in [6.07, 6.45) is 0. The summed E-state index contributed by atoms with van der Waals surface area (Å²) in [6, 6.07) is 24.4. The van der Waals surface area contributed by atoms with Crippen molar-refractivity contribution in [2.24, 2.45) is 5.10 Å². The lowest BCUT2D eigenvalue weighted by Crippen LogP contribution is -2.21. The fraction of sp³-hybridized carbons (Fsp3) is 0.0833. The zero-order valence-corrected chi connectivity index (χ0v) is 19.9. The largest absolute Gasteiger partial charge is 0.272 e. The summed E-state index contributed by atoms with van der Waals surface area (Å²) in [5.41, 5.74) is 5.92. The summed E-state index contributed by atoms with van der Waals surface area (Å²) in [7, 11) is 0. The van der Waals surface area contributed by atoms with Crippen molar-refractivity contribution in [2.45, 2.75) is 12.1 Å². The highest BCUT2D eigenvalue weighted by Crippen LogP contribution is 2.28. The molecular weight excluding hydrogens is 477 g/mol. The van der Waals surface area contributed by atoms with Gasteiger partial charge >= 0.3 is 0 Å². The Morgan fingerprint density at radius 3 is 2.24 bits per heavy atom. The summed E-state index contributed by atoms with van der Waals surface area (Å²) < 4.78 is 1.92. The van der Waals surface area contributed by atoms with Gasteiger partial charge < -0.3 is 0 Å². The van der Waals surface area contributed by atoms with Gasteiger partial charge in [0.2, 0.25) is 0 Å². The molecule has 0 radical (unpaired) electrons. The van der Waals surface area contributed by atoms with E-state index in [2.05, 4.69) is 20.7 Å². The number of nitrogens with zero attached hydrogens (tertiary/aromatic N) is 4. The highest BCUT2D eigenvalue weighted by Gasteiger charge is 2.17. The number of amides is 1.